The van der Waals surface area contributed by atoms with Crippen molar-refractivity contribution in [3.63, 3.8) is 0 Å². The first-order valence-corrected chi connectivity index (χ1v) is 9.10. The highest BCUT2D eigenvalue weighted by Gasteiger charge is 2.42. The highest BCUT2D eigenvalue weighted by atomic mass is 16.7. The summed E-state index contributed by atoms with van der Waals surface area (Å²) in [6.07, 6.45) is 0.104. The van der Waals surface area contributed by atoms with E-state index < -0.39 is 24.0 Å². The van der Waals surface area contributed by atoms with Crippen molar-refractivity contribution in [1.82, 2.24) is 0 Å². The largest absolute Gasteiger partial charge is 0.455 e. The maximum Gasteiger partial charge on any atom is 0.338 e. The molecular formula is C20H28O8. The van der Waals surface area contributed by atoms with Crippen LogP contribution in [0.3, 0.4) is 0 Å². The van der Waals surface area contributed by atoms with Crippen molar-refractivity contribution in [1.29, 1.82) is 0 Å². The number of aliphatic hydroxyl groups is 1. The molecule has 1 heterocycles. The summed E-state index contributed by atoms with van der Waals surface area (Å²) in [5.41, 5.74) is 0.401. The molecule has 1 N–H and O–H groups in total. The van der Waals surface area contributed by atoms with E-state index in [2.05, 4.69) is 6.58 Å². The van der Waals surface area contributed by atoms with Gasteiger partial charge in [-0.25, -0.2) is 4.79 Å². The summed E-state index contributed by atoms with van der Waals surface area (Å²) < 4.78 is 32.7. The predicted molar refractivity (Wildman–Crippen MR) is 99.7 cm³/mol. The number of rotatable bonds is 13. The average molecular weight is 396 g/mol. The van der Waals surface area contributed by atoms with Gasteiger partial charge in [0.15, 0.2) is 5.79 Å². The Bertz CT molecular complexity index is 585. The fourth-order valence-corrected chi connectivity index (χ4v) is 2.74. The molecule has 0 amide bonds. The molecule has 0 saturated carbocycles. The first-order chi connectivity index (χ1) is 13.6. The number of methoxy groups -OCH3 is 1. The lowest BCUT2D eigenvalue weighted by Gasteiger charge is -2.32. The zero-order chi connectivity index (χ0) is 20.2. The molecule has 156 valence electrons. The fourth-order valence-electron chi connectivity index (χ4n) is 2.74. The molecule has 8 nitrogen and oxygen atoms in total. The Balaban J connectivity index is 2.07. The number of carbonyl (C=O) groups is 1. The van der Waals surface area contributed by atoms with Crippen LogP contribution < -0.4 is 0 Å². The number of carbonyl (C=O) groups excluding carboxylic acids is 1. The lowest BCUT2D eigenvalue weighted by atomic mass is 10.0. The topological polar surface area (TPSA) is 92.7 Å². The maximum absolute atomic E-state index is 12.6. The number of hydrogen-bond donors (Lipinski definition) is 1. The second-order valence-corrected chi connectivity index (χ2v) is 6.17. The van der Waals surface area contributed by atoms with Gasteiger partial charge in [0.2, 0.25) is 0 Å². The molecular weight excluding hydrogens is 368 g/mol. The molecule has 0 radical (unpaired) electrons. The number of hydrogen-bond acceptors (Lipinski definition) is 8. The molecule has 8 heteroatoms. The third-order valence-corrected chi connectivity index (χ3v) is 4.21. The molecule has 0 spiro atoms. The van der Waals surface area contributed by atoms with E-state index in [4.69, 9.17) is 28.4 Å². The van der Waals surface area contributed by atoms with Crippen molar-refractivity contribution in [3.05, 3.63) is 48.6 Å². The highest BCUT2D eigenvalue weighted by molar-refractivity contribution is 5.89. The summed E-state index contributed by atoms with van der Waals surface area (Å²) in [6.45, 7) is 4.84. The molecule has 0 aromatic heterocycles. The summed E-state index contributed by atoms with van der Waals surface area (Å²) >= 11 is 0. The van der Waals surface area contributed by atoms with E-state index in [1.165, 1.54) is 6.08 Å². The van der Waals surface area contributed by atoms with Crippen molar-refractivity contribution in [2.24, 2.45) is 0 Å². The van der Waals surface area contributed by atoms with E-state index in [1.54, 1.807) is 31.4 Å². The van der Waals surface area contributed by atoms with Crippen LogP contribution in [0.5, 0.6) is 0 Å². The van der Waals surface area contributed by atoms with Gasteiger partial charge in [-0.15, -0.1) is 6.58 Å². The first kappa shape index (κ1) is 22.5. The molecule has 1 saturated heterocycles. The van der Waals surface area contributed by atoms with E-state index >= 15 is 0 Å². The predicted octanol–water partition coefficient (Wildman–Crippen LogP) is 1.53. The highest BCUT2D eigenvalue weighted by Crippen LogP contribution is 2.28. The Morgan fingerprint density at radius 1 is 1.29 bits per heavy atom. The van der Waals surface area contributed by atoms with Crippen molar-refractivity contribution in [2.45, 2.75) is 24.4 Å². The smallest absolute Gasteiger partial charge is 0.338 e. The molecule has 0 bridgehead atoms. The fraction of sp³-hybridized carbons (Fsp3) is 0.550. The van der Waals surface area contributed by atoms with Gasteiger partial charge in [0, 0.05) is 13.5 Å². The maximum atomic E-state index is 12.6. The Kier molecular flexibility index (Phi) is 9.56. The van der Waals surface area contributed by atoms with Crippen molar-refractivity contribution in [3.8, 4) is 0 Å². The second-order valence-electron chi connectivity index (χ2n) is 6.17. The Morgan fingerprint density at radius 3 is 2.61 bits per heavy atom. The van der Waals surface area contributed by atoms with Crippen molar-refractivity contribution in [2.75, 3.05) is 46.9 Å². The zero-order valence-corrected chi connectivity index (χ0v) is 16.1. The molecule has 1 aliphatic heterocycles. The summed E-state index contributed by atoms with van der Waals surface area (Å²) in [5, 5.41) is 9.75. The number of esters is 1. The first-order valence-electron chi connectivity index (χ1n) is 9.10. The van der Waals surface area contributed by atoms with Crippen molar-refractivity contribution < 1.29 is 38.3 Å². The summed E-state index contributed by atoms with van der Waals surface area (Å²) in [6, 6.07) is 8.61. The third kappa shape index (κ3) is 6.66. The van der Waals surface area contributed by atoms with Crippen LogP contribution >= 0.6 is 0 Å². The van der Waals surface area contributed by atoms with E-state index in [-0.39, 0.29) is 19.8 Å². The summed E-state index contributed by atoms with van der Waals surface area (Å²) in [7, 11) is 1.58. The number of aliphatic hydroxyl groups excluding tert-OH is 1. The molecule has 2 rings (SSSR count). The lowest BCUT2D eigenvalue weighted by Crippen LogP contribution is -2.44. The Morgan fingerprint density at radius 2 is 2.00 bits per heavy atom. The van der Waals surface area contributed by atoms with E-state index in [0.717, 1.165) is 0 Å². The monoisotopic (exact) mass is 396 g/mol. The van der Waals surface area contributed by atoms with Gasteiger partial charge >= 0.3 is 5.97 Å². The van der Waals surface area contributed by atoms with Gasteiger partial charge in [-0.3, -0.25) is 0 Å². The van der Waals surface area contributed by atoms with E-state index in [1.807, 2.05) is 6.07 Å². The second kappa shape index (κ2) is 11.9. The van der Waals surface area contributed by atoms with E-state index in [0.29, 0.717) is 32.0 Å². The van der Waals surface area contributed by atoms with Gasteiger partial charge in [0.05, 0.1) is 38.6 Å². The Labute approximate surface area is 164 Å². The molecule has 1 fully saturated rings. The minimum absolute atomic E-state index is 0.0345. The quantitative estimate of drug-likeness (QED) is 0.232. The number of ether oxygens (including phenoxy) is 6. The van der Waals surface area contributed by atoms with Crippen LogP contribution in [0, 0.1) is 0 Å². The van der Waals surface area contributed by atoms with Crippen LogP contribution in [0.25, 0.3) is 0 Å². The molecule has 28 heavy (non-hydrogen) atoms. The van der Waals surface area contributed by atoms with Crippen molar-refractivity contribution >= 4 is 5.97 Å². The normalized spacial score (nSPS) is 17.8. The minimum atomic E-state index is -1.25. The molecule has 1 aromatic rings. The van der Waals surface area contributed by atoms with Gasteiger partial charge in [0.1, 0.15) is 19.0 Å². The van der Waals surface area contributed by atoms with Gasteiger partial charge in [-0.2, -0.15) is 0 Å². The van der Waals surface area contributed by atoms with Crippen LogP contribution in [-0.2, 0) is 28.4 Å². The summed E-state index contributed by atoms with van der Waals surface area (Å²) in [5.74, 6) is -1.77. The van der Waals surface area contributed by atoms with Gasteiger partial charge in [0.25, 0.3) is 0 Å². The minimum Gasteiger partial charge on any atom is -0.455 e. The van der Waals surface area contributed by atoms with Gasteiger partial charge in [-0.1, -0.05) is 24.3 Å². The lowest BCUT2D eigenvalue weighted by molar-refractivity contribution is -0.210. The molecule has 0 unspecified atom stereocenters. The third-order valence-electron chi connectivity index (χ3n) is 4.21. The van der Waals surface area contributed by atoms with Gasteiger partial charge in [-0.05, 0) is 12.1 Å². The molecule has 1 aromatic carbocycles. The van der Waals surface area contributed by atoms with Crippen LogP contribution in [0.4, 0.5) is 0 Å². The number of benzene rings is 1. The molecule has 0 aliphatic carbocycles. The van der Waals surface area contributed by atoms with Gasteiger partial charge < -0.3 is 33.5 Å². The molecule has 2 atom stereocenters. The average Bonchev–Trinajstić information content (AvgIpc) is 3.20. The van der Waals surface area contributed by atoms with E-state index in [9.17, 15) is 9.90 Å². The molecule has 1 aliphatic rings. The summed E-state index contributed by atoms with van der Waals surface area (Å²) in [4.78, 5) is 12.6. The SMILES string of the molecule is C=C[C@@H](OCOCCOC)[C@@H](CC1(CO)OCCO1)OC(=O)c1ccccc1. The van der Waals surface area contributed by atoms with Crippen LogP contribution in [0.15, 0.2) is 43.0 Å². The van der Waals surface area contributed by atoms with Crippen LogP contribution in [0.2, 0.25) is 0 Å². The van der Waals surface area contributed by atoms with Crippen LogP contribution in [-0.4, -0.2) is 76.0 Å². The zero-order valence-electron chi connectivity index (χ0n) is 16.1. The van der Waals surface area contributed by atoms with Crippen LogP contribution in [0.1, 0.15) is 16.8 Å². The Hall–Kier alpha value is -1.81. The standard InChI is InChI=1S/C20H28O8/c1-3-17(25-15-24-10-9-23-2)18(13-20(14-21)26-11-12-27-20)28-19(22)16-7-5-4-6-8-16/h3-8,17-18,21H,1,9-15H2,2H3/t17-,18-/m1/s1.